The molecule has 1 aromatic rings. The molecular formula is C16H25N. The molecule has 0 spiro atoms. The molecule has 0 amide bonds. The van der Waals surface area contributed by atoms with E-state index < -0.39 is 0 Å². The molecule has 1 nitrogen and oxygen atoms in total. The monoisotopic (exact) mass is 231 g/mol. The summed E-state index contributed by atoms with van der Waals surface area (Å²) in [7, 11) is 0. The molecule has 0 unspecified atom stereocenters. The molecule has 17 heavy (non-hydrogen) atoms. The first-order chi connectivity index (χ1) is 7.91. The highest BCUT2D eigenvalue weighted by Crippen LogP contribution is 2.47. The highest BCUT2D eigenvalue weighted by atomic mass is 15.0. The lowest BCUT2D eigenvalue weighted by molar-refractivity contribution is 0.142. The largest absolute Gasteiger partial charge is 0.311 e. The van der Waals surface area contributed by atoms with Crippen molar-refractivity contribution in [2.45, 2.75) is 51.5 Å². The second kappa shape index (κ2) is 4.45. The maximum Gasteiger partial charge on any atom is 0.00968 e. The van der Waals surface area contributed by atoms with Crippen molar-refractivity contribution < 1.29 is 0 Å². The molecule has 1 saturated carbocycles. The zero-order chi connectivity index (χ0) is 12.5. The molecule has 0 bridgehead atoms. The van der Waals surface area contributed by atoms with E-state index in [0.29, 0.717) is 5.41 Å². The van der Waals surface area contributed by atoms with Crippen molar-refractivity contribution in [1.82, 2.24) is 5.32 Å². The lowest BCUT2D eigenvalue weighted by Crippen LogP contribution is -2.52. The Morgan fingerprint density at radius 2 is 1.76 bits per heavy atom. The standard InChI is InChI=1S/C16H25N/c1-13-10-16(11-13,12-17-15(2,3)4)14-8-6-5-7-9-14/h5-9,13,17H,10-12H2,1-4H3. The smallest absolute Gasteiger partial charge is 0.00968 e. The predicted molar refractivity (Wildman–Crippen MR) is 74.3 cm³/mol. The predicted octanol–water partition coefficient (Wildman–Crippen LogP) is 3.74. The molecule has 0 radical (unpaired) electrons. The van der Waals surface area contributed by atoms with Crippen LogP contribution >= 0.6 is 0 Å². The molecule has 1 N–H and O–H groups in total. The third-order valence-electron chi connectivity index (χ3n) is 3.82. The summed E-state index contributed by atoms with van der Waals surface area (Å²) < 4.78 is 0. The average Bonchev–Trinajstić information content (AvgIpc) is 2.23. The van der Waals surface area contributed by atoms with E-state index in [-0.39, 0.29) is 5.54 Å². The van der Waals surface area contributed by atoms with Gasteiger partial charge in [-0.3, -0.25) is 0 Å². The Morgan fingerprint density at radius 3 is 2.24 bits per heavy atom. The summed E-state index contributed by atoms with van der Waals surface area (Å²) in [6.45, 7) is 10.2. The van der Waals surface area contributed by atoms with Gasteiger partial charge in [0.15, 0.2) is 0 Å². The molecule has 1 aliphatic rings. The second-order valence-electron chi connectivity index (χ2n) is 6.76. The molecule has 1 aromatic carbocycles. The topological polar surface area (TPSA) is 12.0 Å². The number of benzene rings is 1. The molecule has 0 saturated heterocycles. The maximum atomic E-state index is 3.68. The summed E-state index contributed by atoms with van der Waals surface area (Å²) in [6, 6.07) is 11.0. The van der Waals surface area contributed by atoms with E-state index >= 15 is 0 Å². The van der Waals surface area contributed by atoms with Gasteiger partial charge in [-0.2, -0.15) is 0 Å². The minimum atomic E-state index is 0.209. The summed E-state index contributed by atoms with van der Waals surface area (Å²) in [5.74, 6) is 0.872. The number of rotatable bonds is 3. The van der Waals surface area contributed by atoms with E-state index in [4.69, 9.17) is 0 Å². The first kappa shape index (κ1) is 12.6. The maximum absolute atomic E-state index is 3.68. The molecular weight excluding hydrogens is 206 g/mol. The van der Waals surface area contributed by atoms with Gasteiger partial charge in [0.05, 0.1) is 0 Å². The fraction of sp³-hybridized carbons (Fsp3) is 0.625. The molecule has 1 aliphatic carbocycles. The van der Waals surface area contributed by atoms with Crippen LogP contribution in [0.5, 0.6) is 0 Å². The summed E-state index contributed by atoms with van der Waals surface area (Å²) in [6.07, 6.45) is 2.64. The Morgan fingerprint density at radius 1 is 1.18 bits per heavy atom. The second-order valence-corrected chi connectivity index (χ2v) is 6.76. The normalized spacial score (nSPS) is 28.8. The molecule has 0 atom stereocenters. The van der Waals surface area contributed by atoms with Gasteiger partial charge in [-0.05, 0) is 45.1 Å². The number of nitrogens with one attached hydrogen (secondary N) is 1. The zero-order valence-corrected chi connectivity index (χ0v) is 11.6. The van der Waals surface area contributed by atoms with E-state index in [9.17, 15) is 0 Å². The summed E-state index contributed by atoms with van der Waals surface area (Å²) >= 11 is 0. The molecule has 0 aromatic heterocycles. The van der Waals surface area contributed by atoms with Crippen molar-refractivity contribution >= 4 is 0 Å². The van der Waals surface area contributed by atoms with E-state index in [1.807, 2.05) is 0 Å². The van der Waals surface area contributed by atoms with Crippen molar-refractivity contribution in [2.24, 2.45) is 5.92 Å². The lowest BCUT2D eigenvalue weighted by atomic mass is 9.59. The Kier molecular flexibility index (Phi) is 3.31. The van der Waals surface area contributed by atoms with Gasteiger partial charge < -0.3 is 5.32 Å². The summed E-state index contributed by atoms with van der Waals surface area (Å²) in [5.41, 5.74) is 2.10. The van der Waals surface area contributed by atoms with E-state index in [0.717, 1.165) is 12.5 Å². The Labute approximate surface area is 106 Å². The molecule has 1 fully saturated rings. The molecule has 0 heterocycles. The van der Waals surface area contributed by atoms with Gasteiger partial charge in [0.25, 0.3) is 0 Å². The summed E-state index contributed by atoms with van der Waals surface area (Å²) in [5, 5.41) is 3.68. The molecule has 1 heteroatoms. The summed E-state index contributed by atoms with van der Waals surface area (Å²) in [4.78, 5) is 0. The van der Waals surface area contributed by atoms with Gasteiger partial charge in [-0.15, -0.1) is 0 Å². The fourth-order valence-electron chi connectivity index (χ4n) is 2.98. The third kappa shape index (κ3) is 2.90. The van der Waals surface area contributed by atoms with Gasteiger partial charge in [-0.1, -0.05) is 37.3 Å². The molecule has 94 valence electrons. The highest BCUT2D eigenvalue weighted by Gasteiger charge is 2.43. The van der Waals surface area contributed by atoms with Gasteiger partial charge in [0.1, 0.15) is 0 Å². The van der Waals surface area contributed by atoms with E-state index in [1.54, 1.807) is 0 Å². The number of hydrogen-bond acceptors (Lipinski definition) is 1. The van der Waals surface area contributed by atoms with Crippen LogP contribution in [0, 0.1) is 5.92 Å². The van der Waals surface area contributed by atoms with Crippen molar-refractivity contribution in [3.05, 3.63) is 35.9 Å². The van der Waals surface area contributed by atoms with Crippen molar-refractivity contribution in [3.63, 3.8) is 0 Å². The van der Waals surface area contributed by atoms with Gasteiger partial charge >= 0.3 is 0 Å². The van der Waals surface area contributed by atoms with Crippen LogP contribution in [0.4, 0.5) is 0 Å². The fourth-order valence-corrected chi connectivity index (χ4v) is 2.98. The third-order valence-corrected chi connectivity index (χ3v) is 3.82. The quantitative estimate of drug-likeness (QED) is 0.835. The van der Waals surface area contributed by atoms with Gasteiger partial charge in [0.2, 0.25) is 0 Å². The Hall–Kier alpha value is -0.820. The Bertz CT molecular complexity index is 355. The van der Waals surface area contributed by atoms with Crippen molar-refractivity contribution in [1.29, 1.82) is 0 Å². The van der Waals surface area contributed by atoms with Gasteiger partial charge in [0, 0.05) is 17.5 Å². The SMILES string of the molecule is CC1CC(CNC(C)(C)C)(c2ccccc2)C1. The van der Waals surface area contributed by atoms with E-state index in [1.165, 1.54) is 18.4 Å². The van der Waals surface area contributed by atoms with Crippen LogP contribution in [0.25, 0.3) is 0 Å². The van der Waals surface area contributed by atoms with Crippen LogP contribution in [0.15, 0.2) is 30.3 Å². The van der Waals surface area contributed by atoms with Crippen LogP contribution in [-0.4, -0.2) is 12.1 Å². The van der Waals surface area contributed by atoms with Crippen LogP contribution in [-0.2, 0) is 5.41 Å². The van der Waals surface area contributed by atoms with E-state index in [2.05, 4.69) is 63.3 Å². The van der Waals surface area contributed by atoms with Crippen molar-refractivity contribution in [2.75, 3.05) is 6.54 Å². The lowest BCUT2D eigenvalue weighted by Gasteiger charge is -2.48. The first-order valence-electron chi connectivity index (χ1n) is 6.72. The molecule has 0 aliphatic heterocycles. The van der Waals surface area contributed by atoms with Crippen LogP contribution < -0.4 is 5.32 Å². The van der Waals surface area contributed by atoms with Crippen LogP contribution in [0.1, 0.15) is 46.1 Å². The average molecular weight is 231 g/mol. The minimum Gasteiger partial charge on any atom is -0.311 e. The zero-order valence-electron chi connectivity index (χ0n) is 11.6. The van der Waals surface area contributed by atoms with Crippen molar-refractivity contribution in [3.8, 4) is 0 Å². The van der Waals surface area contributed by atoms with Crippen LogP contribution in [0.3, 0.4) is 0 Å². The van der Waals surface area contributed by atoms with Crippen LogP contribution in [0.2, 0.25) is 0 Å². The molecule has 2 rings (SSSR count). The first-order valence-corrected chi connectivity index (χ1v) is 6.72. The Balaban J connectivity index is 2.12. The minimum absolute atomic E-state index is 0.209. The van der Waals surface area contributed by atoms with Gasteiger partial charge in [-0.25, -0.2) is 0 Å². The highest BCUT2D eigenvalue weighted by molar-refractivity contribution is 5.29. The number of hydrogen-bond donors (Lipinski definition) is 1.